The second kappa shape index (κ2) is 6.56. The molecule has 0 saturated heterocycles. The lowest BCUT2D eigenvalue weighted by atomic mass is 10.0. The van der Waals surface area contributed by atoms with E-state index in [-0.39, 0.29) is 12.6 Å². The van der Waals surface area contributed by atoms with Gasteiger partial charge in [-0.15, -0.1) is 10.2 Å². The van der Waals surface area contributed by atoms with Crippen LogP contribution in [-0.4, -0.2) is 21.6 Å². The van der Waals surface area contributed by atoms with Crippen LogP contribution in [0.4, 0.5) is 4.39 Å². The Balaban J connectivity index is 1.60. The number of fused-ring (bicyclic) bond motifs is 4. The lowest BCUT2D eigenvalue weighted by Crippen LogP contribution is -2.04. The molecule has 146 valence electrons. The minimum Gasteiger partial charge on any atom is -0.454 e. The first-order valence-electron chi connectivity index (χ1n) is 9.65. The molecular formula is C24H16FN3O2. The molecule has 30 heavy (non-hydrogen) atoms. The van der Waals surface area contributed by atoms with E-state index < -0.39 is 0 Å². The van der Waals surface area contributed by atoms with Crippen molar-refractivity contribution >= 4 is 10.9 Å². The van der Waals surface area contributed by atoms with Crippen molar-refractivity contribution in [1.82, 2.24) is 14.8 Å². The normalized spacial score (nSPS) is 12.7. The molecule has 0 unspecified atom stereocenters. The summed E-state index contributed by atoms with van der Waals surface area (Å²) in [5.74, 6) is 1.15. The van der Waals surface area contributed by atoms with E-state index in [1.807, 2.05) is 30.3 Å². The first kappa shape index (κ1) is 17.0. The molecule has 0 amide bonds. The van der Waals surface area contributed by atoms with Crippen molar-refractivity contribution in [3.63, 3.8) is 0 Å². The van der Waals surface area contributed by atoms with Crippen molar-refractivity contribution in [2.45, 2.75) is 6.54 Å². The molecule has 6 rings (SSSR count). The molecule has 3 aromatic carbocycles. The Morgan fingerprint density at radius 2 is 1.60 bits per heavy atom. The molecule has 3 aliphatic heterocycles. The Bertz CT molecular complexity index is 1350. The van der Waals surface area contributed by atoms with E-state index in [2.05, 4.69) is 33.1 Å². The third-order valence-electron chi connectivity index (χ3n) is 5.41. The summed E-state index contributed by atoms with van der Waals surface area (Å²) < 4.78 is 26.8. The molecular weight excluding hydrogens is 381 g/mol. The summed E-state index contributed by atoms with van der Waals surface area (Å²) in [6, 6.07) is 20.5. The Labute approximate surface area is 171 Å². The third-order valence-corrected chi connectivity index (χ3v) is 5.41. The fourth-order valence-electron chi connectivity index (χ4n) is 3.96. The molecule has 5 nitrogen and oxygen atoms in total. The zero-order chi connectivity index (χ0) is 20.1. The van der Waals surface area contributed by atoms with Crippen LogP contribution in [0, 0.1) is 5.82 Å². The summed E-state index contributed by atoms with van der Waals surface area (Å²) in [6.45, 7) is 0.891. The number of hydrogen-bond donors (Lipinski definition) is 0. The molecule has 0 spiro atoms. The molecule has 0 aliphatic carbocycles. The van der Waals surface area contributed by atoms with E-state index in [0.29, 0.717) is 12.3 Å². The van der Waals surface area contributed by atoms with Crippen LogP contribution in [0.5, 0.6) is 11.5 Å². The average molecular weight is 397 g/mol. The Kier molecular flexibility index (Phi) is 3.71. The predicted octanol–water partition coefficient (Wildman–Crippen LogP) is 5.12. The van der Waals surface area contributed by atoms with Gasteiger partial charge in [-0.3, -0.25) is 0 Å². The summed E-state index contributed by atoms with van der Waals surface area (Å²) in [7, 11) is 0. The minimum absolute atomic E-state index is 0.209. The monoisotopic (exact) mass is 397 g/mol. The number of nitrogens with zero attached hydrogens (tertiary/aromatic N) is 3. The van der Waals surface area contributed by atoms with Gasteiger partial charge in [-0.2, -0.15) is 0 Å². The molecule has 0 N–H and O–H groups in total. The number of rotatable bonds is 3. The second-order valence-corrected chi connectivity index (χ2v) is 7.28. The largest absolute Gasteiger partial charge is 0.454 e. The Morgan fingerprint density at radius 3 is 2.40 bits per heavy atom. The van der Waals surface area contributed by atoms with Crippen molar-refractivity contribution < 1.29 is 13.9 Å². The first-order valence-corrected chi connectivity index (χ1v) is 9.65. The van der Waals surface area contributed by atoms with Gasteiger partial charge in [0, 0.05) is 35.3 Å². The number of ether oxygens (including phenoxy) is 2. The molecule has 3 aromatic rings. The van der Waals surface area contributed by atoms with Crippen LogP contribution in [0.1, 0.15) is 5.56 Å². The van der Waals surface area contributed by atoms with Gasteiger partial charge in [-0.1, -0.05) is 30.3 Å². The van der Waals surface area contributed by atoms with Crippen LogP contribution < -0.4 is 9.47 Å². The predicted molar refractivity (Wildman–Crippen MR) is 111 cm³/mol. The molecule has 0 radical (unpaired) electrons. The topological polar surface area (TPSA) is 49.2 Å². The lowest BCUT2D eigenvalue weighted by Gasteiger charge is -2.16. The van der Waals surface area contributed by atoms with E-state index in [1.165, 1.54) is 17.7 Å². The van der Waals surface area contributed by atoms with Crippen LogP contribution in [0.3, 0.4) is 0 Å². The van der Waals surface area contributed by atoms with E-state index in [0.717, 1.165) is 39.2 Å². The lowest BCUT2D eigenvalue weighted by molar-refractivity contribution is 0.174. The summed E-state index contributed by atoms with van der Waals surface area (Å²) in [5.41, 5.74) is 5.41. The van der Waals surface area contributed by atoms with Gasteiger partial charge in [-0.05, 0) is 35.9 Å². The summed E-state index contributed by atoms with van der Waals surface area (Å²) >= 11 is 0. The highest BCUT2D eigenvalue weighted by Gasteiger charge is 2.24. The second-order valence-electron chi connectivity index (χ2n) is 7.28. The van der Waals surface area contributed by atoms with E-state index in [4.69, 9.17) is 9.47 Å². The van der Waals surface area contributed by atoms with Crippen LogP contribution in [0.25, 0.3) is 33.4 Å². The fraction of sp³-hybridized carbons (Fsp3) is 0.0833. The molecule has 0 fully saturated rings. The molecule has 0 aromatic heterocycles. The highest BCUT2D eigenvalue weighted by Crippen LogP contribution is 2.42. The summed E-state index contributed by atoms with van der Waals surface area (Å²) in [4.78, 5) is 0. The van der Waals surface area contributed by atoms with Gasteiger partial charge in [0.25, 0.3) is 0 Å². The van der Waals surface area contributed by atoms with Crippen LogP contribution in [0.2, 0.25) is 0 Å². The standard InChI is InChI=1S/C24H16FN3O2/c25-17-8-6-16(7-9-17)23-19-13-28(12-15-4-2-1-3-5-15)20-11-22-21(29-14-30-22)10-18(20)24(19)27-26-23/h1-11,13H,12,14H2. The van der Waals surface area contributed by atoms with Gasteiger partial charge in [0.2, 0.25) is 6.79 Å². The van der Waals surface area contributed by atoms with Gasteiger partial charge in [0.05, 0.1) is 5.52 Å². The van der Waals surface area contributed by atoms with Crippen LogP contribution in [0.15, 0.2) is 72.9 Å². The van der Waals surface area contributed by atoms with Gasteiger partial charge in [0.1, 0.15) is 17.2 Å². The molecule has 0 atom stereocenters. The maximum absolute atomic E-state index is 13.4. The van der Waals surface area contributed by atoms with Crippen LogP contribution >= 0.6 is 0 Å². The summed E-state index contributed by atoms with van der Waals surface area (Å²) in [5, 5.41) is 9.83. The van der Waals surface area contributed by atoms with Crippen molar-refractivity contribution in [1.29, 1.82) is 0 Å². The van der Waals surface area contributed by atoms with Gasteiger partial charge in [0.15, 0.2) is 11.5 Å². The van der Waals surface area contributed by atoms with Gasteiger partial charge < -0.3 is 14.0 Å². The van der Waals surface area contributed by atoms with Crippen molar-refractivity contribution in [3.8, 4) is 34.0 Å². The minimum atomic E-state index is -0.278. The first-order chi connectivity index (χ1) is 14.8. The SMILES string of the molecule is Fc1ccc(-c2nnc3c4cc5c(cc4n(Cc4ccccc4)cc2-3)OCO5)cc1. The number of halogens is 1. The molecule has 0 bridgehead atoms. The van der Waals surface area contributed by atoms with E-state index >= 15 is 0 Å². The molecule has 3 heterocycles. The Hall–Kier alpha value is -3.93. The van der Waals surface area contributed by atoms with E-state index in [1.54, 1.807) is 12.1 Å². The van der Waals surface area contributed by atoms with Crippen molar-refractivity contribution in [2.24, 2.45) is 0 Å². The quantitative estimate of drug-likeness (QED) is 0.424. The van der Waals surface area contributed by atoms with Gasteiger partial charge in [-0.25, -0.2) is 4.39 Å². The fourth-order valence-corrected chi connectivity index (χ4v) is 3.96. The maximum Gasteiger partial charge on any atom is 0.231 e. The summed E-state index contributed by atoms with van der Waals surface area (Å²) in [6.07, 6.45) is 2.06. The number of hydrogen-bond acceptors (Lipinski definition) is 4. The highest BCUT2D eigenvalue weighted by molar-refractivity contribution is 5.99. The zero-order valence-electron chi connectivity index (χ0n) is 15.9. The number of pyridine rings is 1. The van der Waals surface area contributed by atoms with E-state index in [9.17, 15) is 4.39 Å². The van der Waals surface area contributed by atoms with Crippen molar-refractivity contribution in [2.75, 3.05) is 6.79 Å². The highest BCUT2D eigenvalue weighted by atomic mass is 19.1. The van der Waals surface area contributed by atoms with Crippen molar-refractivity contribution in [3.05, 3.63) is 84.3 Å². The maximum atomic E-state index is 13.4. The Morgan fingerprint density at radius 1 is 0.867 bits per heavy atom. The third kappa shape index (κ3) is 2.69. The molecule has 3 aliphatic rings. The van der Waals surface area contributed by atoms with Gasteiger partial charge >= 0.3 is 0 Å². The smallest absolute Gasteiger partial charge is 0.231 e. The number of aromatic nitrogens is 3. The van der Waals surface area contributed by atoms with Crippen LogP contribution in [-0.2, 0) is 6.54 Å². The number of benzene rings is 3. The zero-order valence-corrected chi connectivity index (χ0v) is 15.9. The molecule has 0 saturated carbocycles. The average Bonchev–Trinajstić information content (AvgIpc) is 3.40. The molecule has 6 heteroatoms.